The van der Waals surface area contributed by atoms with E-state index >= 15 is 0 Å². The minimum absolute atomic E-state index is 0.0534. The van der Waals surface area contributed by atoms with Gasteiger partial charge in [0.25, 0.3) is 0 Å². The molecule has 0 aliphatic rings. The van der Waals surface area contributed by atoms with Crippen molar-refractivity contribution in [2.45, 2.75) is 19.4 Å². The molecule has 0 aliphatic carbocycles. The zero-order chi connectivity index (χ0) is 12.5. The van der Waals surface area contributed by atoms with Crippen LogP contribution in [0.3, 0.4) is 0 Å². The molecule has 0 bridgehead atoms. The molecule has 0 aliphatic heterocycles. The summed E-state index contributed by atoms with van der Waals surface area (Å²) in [5, 5.41) is 6.07. The van der Waals surface area contributed by atoms with Crippen LogP contribution in [0.25, 0.3) is 0 Å². The first-order valence-corrected chi connectivity index (χ1v) is 5.90. The first-order chi connectivity index (χ1) is 8.24. The highest BCUT2D eigenvalue weighted by atomic mass is 16.1. The molecule has 92 valence electrons. The lowest BCUT2D eigenvalue weighted by molar-refractivity contribution is -0.120. The van der Waals surface area contributed by atoms with Gasteiger partial charge in [0.15, 0.2) is 0 Å². The topological polar surface area (TPSA) is 41.1 Å². The zero-order valence-electron chi connectivity index (χ0n) is 10.3. The third-order valence-corrected chi connectivity index (χ3v) is 2.55. The Hall–Kier alpha value is -1.61. The number of carbonyl (C=O) groups excluding carboxylic acids is 1. The lowest BCUT2D eigenvalue weighted by Crippen LogP contribution is -2.28. The molecule has 0 spiro atoms. The van der Waals surface area contributed by atoms with E-state index in [2.05, 4.69) is 36.3 Å². The molecule has 1 rings (SSSR count). The predicted octanol–water partition coefficient (Wildman–Crippen LogP) is 2.03. The van der Waals surface area contributed by atoms with E-state index in [4.69, 9.17) is 0 Å². The molecule has 2 N–H and O–H groups in total. The van der Waals surface area contributed by atoms with Gasteiger partial charge in [0.1, 0.15) is 0 Å². The molecule has 17 heavy (non-hydrogen) atoms. The van der Waals surface area contributed by atoms with Crippen molar-refractivity contribution in [2.24, 2.45) is 0 Å². The Kier molecular flexibility index (Phi) is 6.04. The summed E-state index contributed by atoms with van der Waals surface area (Å²) < 4.78 is 0. The van der Waals surface area contributed by atoms with Crippen LogP contribution in [0.15, 0.2) is 43.0 Å². The third-order valence-electron chi connectivity index (χ3n) is 2.55. The molecule has 0 heterocycles. The van der Waals surface area contributed by atoms with E-state index in [1.807, 2.05) is 18.2 Å². The summed E-state index contributed by atoms with van der Waals surface area (Å²) in [7, 11) is 0. The van der Waals surface area contributed by atoms with Crippen molar-refractivity contribution in [3.63, 3.8) is 0 Å². The lowest BCUT2D eigenvalue weighted by atomic mass is 10.1. The van der Waals surface area contributed by atoms with Gasteiger partial charge in [-0.3, -0.25) is 4.79 Å². The Morgan fingerprint density at radius 1 is 1.41 bits per heavy atom. The Morgan fingerprint density at radius 2 is 2.12 bits per heavy atom. The third kappa shape index (κ3) is 5.31. The molecule has 1 atom stereocenters. The highest BCUT2D eigenvalue weighted by Gasteiger charge is 2.04. The van der Waals surface area contributed by atoms with E-state index in [0.717, 1.165) is 0 Å². The number of amides is 1. The number of hydrogen-bond acceptors (Lipinski definition) is 2. The van der Waals surface area contributed by atoms with Crippen LogP contribution in [0.2, 0.25) is 0 Å². The largest absolute Gasteiger partial charge is 0.353 e. The normalized spacial score (nSPS) is 11.8. The molecule has 0 aromatic heterocycles. The van der Waals surface area contributed by atoms with Crippen LogP contribution in [-0.4, -0.2) is 19.0 Å². The van der Waals surface area contributed by atoms with Crippen molar-refractivity contribution in [3.8, 4) is 0 Å². The second-order valence-corrected chi connectivity index (χ2v) is 3.93. The van der Waals surface area contributed by atoms with E-state index in [1.165, 1.54) is 5.56 Å². The van der Waals surface area contributed by atoms with E-state index in [9.17, 15) is 4.79 Å². The summed E-state index contributed by atoms with van der Waals surface area (Å²) in [5.41, 5.74) is 1.24. The SMILES string of the molecule is C=CCNC(=O)CCNC(C)c1ccccc1. The van der Waals surface area contributed by atoms with Gasteiger partial charge >= 0.3 is 0 Å². The summed E-state index contributed by atoms with van der Waals surface area (Å²) in [5.74, 6) is 0.0534. The summed E-state index contributed by atoms with van der Waals surface area (Å²) >= 11 is 0. The van der Waals surface area contributed by atoms with Gasteiger partial charge in [-0.05, 0) is 12.5 Å². The van der Waals surface area contributed by atoms with Crippen molar-refractivity contribution in [3.05, 3.63) is 48.6 Å². The van der Waals surface area contributed by atoms with Crippen LogP contribution >= 0.6 is 0 Å². The fourth-order valence-electron chi connectivity index (χ4n) is 1.54. The Morgan fingerprint density at radius 3 is 2.76 bits per heavy atom. The molecule has 3 heteroatoms. The van der Waals surface area contributed by atoms with Gasteiger partial charge in [-0.15, -0.1) is 6.58 Å². The van der Waals surface area contributed by atoms with E-state index in [1.54, 1.807) is 6.08 Å². The summed E-state index contributed by atoms with van der Waals surface area (Å²) in [6.45, 7) is 6.86. The van der Waals surface area contributed by atoms with Crippen LogP contribution in [0.4, 0.5) is 0 Å². The van der Waals surface area contributed by atoms with Crippen molar-refractivity contribution >= 4 is 5.91 Å². The smallest absolute Gasteiger partial charge is 0.221 e. The first kappa shape index (κ1) is 13.5. The van der Waals surface area contributed by atoms with Crippen LogP contribution < -0.4 is 10.6 Å². The second-order valence-electron chi connectivity index (χ2n) is 3.93. The molecular formula is C14H20N2O. The van der Waals surface area contributed by atoms with Crippen molar-refractivity contribution in [2.75, 3.05) is 13.1 Å². The van der Waals surface area contributed by atoms with Gasteiger partial charge in [0.2, 0.25) is 5.91 Å². The highest BCUT2D eigenvalue weighted by molar-refractivity contribution is 5.76. The van der Waals surface area contributed by atoms with Crippen molar-refractivity contribution < 1.29 is 4.79 Å². The maximum absolute atomic E-state index is 11.3. The van der Waals surface area contributed by atoms with Gasteiger partial charge in [0.05, 0.1) is 0 Å². The van der Waals surface area contributed by atoms with Crippen LogP contribution in [0.5, 0.6) is 0 Å². The van der Waals surface area contributed by atoms with Gasteiger partial charge in [-0.2, -0.15) is 0 Å². The second kappa shape index (κ2) is 7.63. The minimum atomic E-state index is 0.0534. The number of benzene rings is 1. The number of rotatable bonds is 7. The average Bonchev–Trinajstić information content (AvgIpc) is 2.37. The van der Waals surface area contributed by atoms with Crippen molar-refractivity contribution in [1.29, 1.82) is 0 Å². The molecule has 1 aromatic rings. The van der Waals surface area contributed by atoms with Crippen LogP contribution in [0, 0.1) is 0 Å². The Bertz CT molecular complexity index is 348. The molecule has 0 fully saturated rings. The van der Waals surface area contributed by atoms with E-state index in [-0.39, 0.29) is 11.9 Å². The van der Waals surface area contributed by atoms with Gasteiger partial charge < -0.3 is 10.6 Å². The molecule has 3 nitrogen and oxygen atoms in total. The van der Waals surface area contributed by atoms with E-state index < -0.39 is 0 Å². The summed E-state index contributed by atoms with van der Waals surface area (Å²) in [6.07, 6.45) is 2.17. The maximum Gasteiger partial charge on any atom is 0.221 e. The maximum atomic E-state index is 11.3. The molecular weight excluding hydrogens is 212 g/mol. The van der Waals surface area contributed by atoms with Gasteiger partial charge in [-0.25, -0.2) is 0 Å². The highest BCUT2D eigenvalue weighted by Crippen LogP contribution is 2.10. The number of nitrogens with one attached hydrogen (secondary N) is 2. The minimum Gasteiger partial charge on any atom is -0.353 e. The monoisotopic (exact) mass is 232 g/mol. The first-order valence-electron chi connectivity index (χ1n) is 5.90. The fourth-order valence-corrected chi connectivity index (χ4v) is 1.54. The average molecular weight is 232 g/mol. The standard InChI is InChI=1S/C14H20N2O/c1-3-10-16-14(17)9-11-15-12(2)13-7-5-4-6-8-13/h3-8,12,15H,1,9-11H2,2H3,(H,16,17). The molecule has 1 aromatic carbocycles. The molecule has 1 unspecified atom stereocenters. The van der Waals surface area contributed by atoms with Gasteiger partial charge in [-0.1, -0.05) is 36.4 Å². The molecule has 0 saturated carbocycles. The summed E-state index contributed by atoms with van der Waals surface area (Å²) in [4.78, 5) is 11.3. The fraction of sp³-hybridized carbons (Fsp3) is 0.357. The predicted molar refractivity (Wildman–Crippen MR) is 70.7 cm³/mol. The van der Waals surface area contributed by atoms with Crippen LogP contribution in [0.1, 0.15) is 24.9 Å². The molecule has 0 radical (unpaired) electrons. The van der Waals surface area contributed by atoms with Crippen LogP contribution in [-0.2, 0) is 4.79 Å². The Labute approximate surface area is 103 Å². The number of hydrogen-bond donors (Lipinski definition) is 2. The Balaban J connectivity index is 2.22. The quantitative estimate of drug-likeness (QED) is 0.706. The van der Waals surface area contributed by atoms with Gasteiger partial charge in [0, 0.05) is 25.6 Å². The number of carbonyl (C=O) groups is 1. The molecule has 0 saturated heterocycles. The summed E-state index contributed by atoms with van der Waals surface area (Å²) in [6, 6.07) is 10.5. The van der Waals surface area contributed by atoms with E-state index in [0.29, 0.717) is 19.5 Å². The zero-order valence-corrected chi connectivity index (χ0v) is 10.3. The molecule has 1 amide bonds. The lowest BCUT2D eigenvalue weighted by Gasteiger charge is -2.13. The van der Waals surface area contributed by atoms with Crippen molar-refractivity contribution in [1.82, 2.24) is 10.6 Å².